The number of hydrogen-bond acceptors (Lipinski definition) is 1. The lowest BCUT2D eigenvalue weighted by atomic mass is 9.85. The number of benzene rings is 1. The summed E-state index contributed by atoms with van der Waals surface area (Å²) in [6.45, 7) is 4.42. The fraction of sp³-hybridized carbons (Fsp3) is 0.625. The zero-order chi connectivity index (χ0) is 12.8. The molecule has 2 heteroatoms. The van der Waals surface area contributed by atoms with Crippen LogP contribution in [0.25, 0.3) is 0 Å². The van der Waals surface area contributed by atoms with Gasteiger partial charge in [-0.05, 0) is 49.0 Å². The first kappa shape index (κ1) is 13.9. The highest BCUT2D eigenvalue weighted by molar-refractivity contribution is 6.30. The molecule has 0 heterocycles. The number of hydrogen-bond donors (Lipinski definition) is 1. The number of nitrogens with one attached hydrogen (secondary N) is 1. The molecule has 0 spiro atoms. The molecule has 100 valence electrons. The quantitative estimate of drug-likeness (QED) is 0.809. The standard InChI is InChI=1S/C16H24ClN/c1-2-18-12-15(14-5-3-4-6-14)11-13-7-9-16(17)10-8-13/h7-10,14-15,18H,2-6,11-12H2,1H3. The maximum absolute atomic E-state index is 5.95. The summed E-state index contributed by atoms with van der Waals surface area (Å²) in [6, 6.07) is 8.37. The fourth-order valence-electron chi connectivity index (χ4n) is 3.09. The fourth-order valence-corrected chi connectivity index (χ4v) is 3.21. The van der Waals surface area contributed by atoms with Crippen molar-refractivity contribution in [2.45, 2.75) is 39.0 Å². The minimum Gasteiger partial charge on any atom is -0.317 e. The number of rotatable bonds is 6. The Kier molecular flexibility index (Phi) is 5.52. The Hall–Kier alpha value is -0.530. The second kappa shape index (κ2) is 7.16. The molecule has 1 nitrogen and oxygen atoms in total. The van der Waals surface area contributed by atoms with E-state index in [9.17, 15) is 0 Å². The SMILES string of the molecule is CCNCC(Cc1ccc(Cl)cc1)C1CCCC1. The average Bonchev–Trinajstić information content (AvgIpc) is 2.90. The van der Waals surface area contributed by atoms with Gasteiger partial charge in [-0.3, -0.25) is 0 Å². The van der Waals surface area contributed by atoms with Crippen LogP contribution in [0.15, 0.2) is 24.3 Å². The van der Waals surface area contributed by atoms with E-state index in [1.165, 1.54) is 37.7 Å². The van der Waals surface area contributed by atoms with Gasteiger partial charge in [-0.1, -0.05) is 56.3 Å². The van der Waals surface area contributed by atoms with E-state index >= 15 is 0 Å². The van der Waals surface area contributed by atoms with Gasteiger partial charge in [-0.25, -0.2) is 0 Å². The van der Waals surface area contributed by atoms with Crippen molar-refractivity contribution in [2.75, 3.05) is 13.1 Å². The van der Waals surface area contributed by atoms with Crippen LogP contribution in [0.4, 0.5) is 0 Å². The first-order valence-corrected chi connectivity index (χ1v) is 7.62. The Bertz CT molecular complexity index is 341. The molecule has 0 aromatic heterocycles. The molecule has 0 radical (unpaired) electrons. The largest absolute Gasteiger partial charge is 0.317 e. The summed E-state index contributed by atoms with van der Waals surface area (Å²) < 4.78 is 0. The predicted molar refractivity (Wildman–Crippen MR) is 79.1 cm³/mol. The topological polar surface area (TPSA) is 12.0 Å². The minimum absolute atomic E-state index is 0.786. The van der Waals surface area contributed by atoms with Gasteiger partial charge in [0, 0.05) is 5.02 Å². The zero-order valence-corrected chi connectivity index (χ0v) is 12.0. The monoisotopic (exact) mass is 265 g/mol. The Morgan fingerprint density at radius 1 is 1.22 bits per heavy atom. The molecule has 1 aromatic rings. The van der Waals surface area contributed by atoms with Crippen LogP contribution in [0, 0.1) is 11.8 Å². The van der Waals surface area contributed by atoms with Crippen LogP contribution in [0.3, 0.4) is 0 Å². The molecular weight excluding hydrogens is 242 g/mol. The Labute approximate surface area is 116 Å². The van der Waals surface area contributed by atoms with Gasteiger partial charge in [0.1, 0.15) is 0 Å². The summed E-state index contributed by atoms with van der Waals surface area (Å²) in [5.41, 5.74) is 1.43. The van der Waals surface area contributed by atoms with Gasteiger partial charge in [0.15, 0.2) is 0 Å². The highest BCUT2D eigenvalue weighted by Gasteiger charge is 2.24. The Morgan fingerprint density at radius 2 is 1.89 bits per heavy atom. The van der Waals surface area contributed by atoms with Gasteiger partial charge < -0.3 is 5.32 Å². The van der Waals surface area contributed by atoms with Gasteiger partial charge in [0.2, 0.25) is 0 Å². The molecular formula is C16H24ClN. The van der Waals surface area contributed by atoms with Gasteiger partial charge in [0.05, 0.1) is 0 Å². The van der Waals surface area contributed by atoms with Crippen LogP contribution in [-0.4, -0.2) is 13.1 Å². The van der Waals surface area contributed by atoms with E-state index < -0.39 is 0 Å². The molecule has 1 atom stereocenters. The predicted octanol–water partition coefficient (Wildman–Crippen LogP) is 4.30. The van der Waals surface area contributed by atoms with Gasteiger partial charge in [-0.15, -0.1) is 0 Å². The zero-order valence-electron chi connectivity index (χ0n) is 11.3. The molecule has 1 aliphatic rings. The normalized spacial score (nSPS) is 18.1. The van der Waals surface area contributed by atoms with Crippen molar-refractivity contribution in [3.05, 3.63) is 34.9 Å². The first-order chi connectivity index (χ1) is 8.79. The summed E-state index contributed by atoms with van der Waals surface area (Å²) in [4.78, 5) is 0. The van der Waals surface area contributed by atoms with Crippen molar-refractivity contribution in [1.82, 2.24) is 5.32 Å². The molecule has 1 aromatic carbocycles. The highest BCUT2D eigenvalue weighted by atomic mass is 35.5. The molecule has 1 N–H and O–H groups in total. The van der Waals surface area contributed by atoms with Crippen LogP contribution in [0.2, 0.25) is 5.02 Å². The molecule has 0 amide bonds. The molecule has 0 saturated heterocycles. The molecule has 1 saturated carbocycles. The second-order valence-electron chi connectivity index (χ2n) is 5.44. The van der Waals surface area contributed by atoms with Crippen LogP contribution >= 0.6 is 11.6 Å². The van der Waals surface area contributed by atoms with Crippen molar-refractivity contribution in [2.24, 2.45) is 11.8 Å². The van der Waals surface area contributed by atoms with Crippen LogP contribution in [-0.2, 0) is 6.42 Å². The summed E-state index contributed by atoms with van der Waals surface area (Å²) >= 11 is 5.95. The van der Waals surface area contributed by atoms with Gasteiger partial charge in [-0.2, -0.15) is 0 Å². The summed E-state index contributed by atoms with van der Waals surface area (Å²) in [5, 5.41) is 4.37. The van der Waals surface area contributed by atoms with E-state index in [0.717, 1.165) is 29.9 Å². The lowest BCUT2D eigenvalue weighted by Gasteiger charge is -2.24. The van der Waals surface area contributed by atoms with Crippen molar-refractivity contribution in [1.29, 1.82) is 0 Å². The third-order valence-electron chi connectivity index (χ3n) is 4.13. The third-order valence-corrected chi connectivity index (χ3v) is 4.39. The number of halogens is 1. The third kappa shape index (κ3) is 4.00. The van der Waals surface area contributed by atoms with Crippen molar-refractivity contribution < 1.29 is 0 Å². The second-order valence-corrected chi connectivity index (χ2v) is 5.88. The van der Waals surface area contributed by atoms with E-state index in [-0.39, 0.29) is 0 Å². The van der Waals surface area contributed by atoms with E-state index in [4.69, 9.17) is 11.6 Å². The molecule has 0 aliphatic heterocycles. The van der Waals surface area contributed by atoms with Crippen molar-refractivity contribution >= 4 is 11.6 Å². The highest BCUT2D eigenvalue weighted by Crippen LogP contribution is 2.33. The average molecular weight is 266 g/mol. The molecule has 2 rings (SSSR count). The molecule has 1 fully saturated rings. The summed E-state index contributed by atoms with van der Waals surface area (Å²) in [5.74, 6) is 1.70. The van der Waals surface area contributed by atoms with Gasteiger partial charge in [0.25, 0.3) is 0 Å². The Morgan fingerprint density at radius 3 is 2.50 bits per heavy atom. The molecule has 1 aliphatic carbocycles. The lowest BCUT2D eigenvalue weighted by molar-refractivity contribution is 0.323. The van der Waals surface area contributed by atoms with Crippen molar-refractivity contribution in [3.8, 4) is 0 Å². The van der Waals surface area contributed by atoms with E-state index in [1.807, 2.05) is 12.1 Å². The maximum atomic E-state index is 5.95. The first-order valence-electron chi connectivity index (χ1n) is 7.24. The minimum atomic E-state index is 0.786. The molecule has 18 heavy (non-hydrogen) atoms. The molecule has 0 bridgehead atoms. The summed E-state index contributed by atoms with van der Waals surface area (Å²) in [6.07, 6.45) is 6.88. The van der Waals surface area contributed by atoms with Crippen molar-refractivity contribution in [3.63, 3.8) is 0 Å². The van der Waals surface area contributed by atoms with Gasteiger partial charge >= 0.3 is 0 Å². The molecule has 1 unspecified atom stereocenters. The Balaban J connectivity index is 1.97. The van der Waals surface area contributed by atoms with Crippen LogP contribution in [0.5, 0.6) is 0 Å². The van der Waals surface area contributed by atoms with E-state index in [1.54, 1.807) is 0 Å². The smallest absolute Gasteiger partial charge is 0.0406 e. The maximum Gasteiger partial charge on any atom is 0.0406 e. The van der Waals surface area contributed by atoms with E-state index in [0.29, 0.717) is 0 Å². The summed E-state index contributed by atoms with van der Waals surface area (Å²) in [7, 11) is 0. The van der Waals surface area contributed by atoms with E-state index in [2.05, 4.69) is 24.4 Å². The van der Waals surface area contributed by atoms with Crippen LogP contribution < -0.4 is 5.32 Å². The van der Waals surface area contributed by atoms with Crippen LogP contribution in [0.1, 0.15) is 38.2 Å². The lowest BCUT2D eigenvalue weighted by Crippen LogP contribution is -2.28.